The van der Waals surface area contributed by atoms with E-state index in [-0.39, 0.29) is 5.54 Å². The molecule has 0 atom stereocenters. The number of nitrogens with two attached hydrogens (primary N) is 1. The molecule has 0 saturated carbocycles. The number of tetrazole rings is 1. The van der Waals surface area contributed by atoms with Gasteiger partial charge < -0.3 is 5.73 Å². The Morgan fingerprint density at radius 2 is 1.94 bits per heavy atom. The summed E-state index contributed by atoms with van der Waals surface area (Å²) in [6, 6.07) is 8.07. The van der Waals surface area contributed by atoms with Crippen molar-refractivity contribution in [1.29, 1.82) is 0 Å². The van der Waals surface area contributed by atoms with Crippen molar-refractivity contribution in [1.82, 2.24) is 20.6 Å². The quantitative estimate of drug-likeness (QED) is 0.808. The van der Waals surface area contributed by atoms with Gasteiger partial charge in [0.2, 0.25) is 0 Å². The highest BCUT2D eigenvalue weighted by Crippen LogP contribution is 2.16. The lowest BCUT2D eigenvalue weighted by Gasteiger charge is -2.18. The third-order valence-corrected chi connectivity index (χ3v) is 2.23. The molecule has 0 aliphatic rings. The zero-order valence-corrected chi connectivity index (χ0v) is 9.44. The molecule has 1 heterocycles. The average molecular weight is 217 g/mol. The van der Waals surface area contributed by atoms with Crippen LogP contribution in [0.15, 0.2) is 24.3 Å². The normalized spacial score (nSPS) is 11.7. The van der Waals surface area contributed by atoms with Crippen LogP contribution < -0.4 is 5.73 Å². The monoisotopic (exact) mass is 217 g/mol. The molecule has 84 valence electrons. The minimum atomic E-state index is -0.185. The number of rotatable bonds is 3. The molecule has 0 amide bonds. The summed E-state index contributed by atoms with van der Waals surface area (Å²) in [4.78, 5) is 0. The van der Waals surface area contributed by atoms with Crippen molar-refractivity contribution in [3.8, 4) is 11.4 Å². The first-order chi connectivity index (χ1) is 7.54. The van der Waals surface area contributed by atoms with Gasteiger partial charge >= 0.3 is 0 Å². The Balaban J connectivity index is 2.17. The number of aromatic nitrogens is 4. The van der Waals surface area contributed by atoms with Crippen LogP contribution in [0.2, 0.25) is 0 Å². The third-order valence-electron chi connectivity index (χ3n) is 2.23. The molecule has 0 bridgehead atoms. The van der Waals surface area contributed by atoms with Gasteiger partial charge in [-0.25, -0.2) is 5.10 Å². The van der Waals surface area contributed by atoms with E-state index >= 15 is 0 Å². The third kappa shape index (κ3) is 2.64. The molecule has 0 unspecified atom stereocenters. The Bertz CT molecular complexity index is 438. The summed E-state index contributed by atoms with van der Waals surface area (Å²) in [5.74, 6) is 0.679. The lowest BCUT2D eigenvalue weighted by Crippen LogP contribution is -2.34. The van der Waals surface area contributed by atoms with Crippen LogP contribution in [0.5, 0.6) is 0 Å². The van der Waals surface area contributed by atoms with E-state index < -0.39 is 0 Å². The molecule has 0 fully saturated rings. The number of H-pyrrole nitrogens is 1. The van der Waals surface area contributed by atoms with Crippen LogP contribution in [-0.2, 0) is 6.42 Å². The maximum atomic E-state index is 5.96. The number of hydrogen-bond donors (Lipinski definition) is 2. The van der Waals surface area contributed by atoms with Gasteiger partial charge in [-0.2, -0.15) is 0 Å². The molecule has 16 heavy (non-hydrogen) atoms. The highest BCUT2D eigenvalue weighted by atomic mass is 15.5. The second-order valence-electron chi connectivity index (χ2n) is 4.61. The fourth-order valence-electron chi connectivity index (χ4n) is 1.59. The van der Waals surface area contributed by atoms with Crippen molar-refractivity contribution < 1.29 is 0 Å². The molecule has 0 radical (unpaired) electrons. The van der Waals surface area contributed by atoms with Crippen molar-refractivity contribution in [2.75, 3.05) is 0 Å². The predicted molar refractivity (Wildman–Crippen MR) is 61.6 cm³/mol. The summed E-state index contributed by atoms with van der Waals surface area (Å²) in [6.45, 7) is 4.03. The minimum absolute atomic E-state index is 0.185. The van der Waals surface area contributed by atoms with Crippen molar-refractivity contribution >= 4 is 0 Å². The number of hydrogen-bond acceptors (Lipinski definition) is 4. The van der Waals surface area contributed by atoms with E-state index in [0.717, 1.165) is 12.0 Å². The van der Waals surface area contributed by atoms with Crippen molar-refractivity contribution in [3.63, 3.8) is 0 Å². The van der Waals surface area contributed by atoms with Gasteiger partial charge in [0.1, 0.15) is 0 Å². The molecule has 0 saturated heterocycles. The zero-order chi connectivity index (χ0) is 11.6. The van der Waals surface area contributed by atoms with Gasteiger partial charge in [0.25, 0.3) is 0 Å². The van der Waals surface area contributed by atoms with E-state index in [4.69, 9.17) is 5.73 Å². The van der Waals surface area contributed by atoms with Gasteiger partial charge in [-0.15, -0.1) is 5.10 Å². The van der Waals surface area contributed by atoms with Crippen molar-refractivity contribution in [2.45, 2.75) is 25.8 Å². The summed E-state index contributed by atoms with van der Waals surface area (Å²) >= 11 is 0. The van der Waals surface area contributed by atoms with Crippen molar-refractivity contribution in [2.24, 2.45) is 5.73 Å². The molecular weight excluding hydrogens is 202 g/mol. The number of aromatic amines is 1. The van der Waals surface area contributed by atoms with Crippen LogP contribution in [0.25, 0.3) is 11.4 Å². The summed E-state index contributed by atoms with van der Waals surface area (Å²) in [7, 11) is 0. The first kappa shape index (κ1) is 10.8. The SMILES string of the molecule is CC(C)(N)Cc1ccc(-c2nnn[nH]2)cc1. The fraction of sp³-hybridized carbons (Fsp3) is 0.364. The molecule has 3 N–H and O–H groups in total. The molecule has 5 heteroatoms. The molecular formula is C11H15N5. The lowest BCUT2D eigenvalue weighted by molar-refractivity contribution is 0.517. The predicted octanol–water partition coefficient (Wildman–Crippen LogP) is 1.15. The number of nitrogens with zero attached hydrogens (tertiary/aromatic N) is 3. The van der Waals surface area contributed by atoms with Crippen LogP contribution >= 0.6 is 0 Å². The maximum Gasteiger partial charge on any atom is 0.179 e. The van der Waals surface area contributed by atoms with E-state index in [1.165, 1.54) is 5.56 Å². The van der Waals surface area contributed by atoms with Crippen LogP contribution in [-0.4, -0.2) is 26.2 Å². The van der Waals surface area contributed by atoms with E-state index in [0.29, 0.717) is 5.82 Å². The highest BCUT2D eigenvalue weighted by Gasteiger charge is 2.11. The Kier molecular flexibility index (Phi) is 2.70. The largest absolute Gasteiger partial charge is 0.325 e. The van der Waals surface area contributed by atoms with Gasteiger partial charge in [-0.3, -0.25) is 0 Å². The molecule has 1 aromatic carbocycles. The summed E-state index contributed by atoms with van der Waals surface area (Å²) < 4.78 is 0. The first-order valence-corrected chi connectivity index (χ1v) is 5.16. The molecule has 2 rings (SSSR count). The number of nitrogens with one attached hydrogen (secondary N) is 1. The fourth-order valence-corrected chi connectivity index (χ4v) is 1.59. The zero-order valence-electron chi connectivity index (χ0n) is 9.44. The number of benzene rings is 1. The second-order valence-corrected chi connectivity index (χ2v) is 4.61. The van der Waals surface area contributed by atoms with E-state index in [1.807, 2.05) is 38.1 Å². The maximum absolute atomic E-state index is 5.96. The molecule has 0 spiro atoms. The Hall–Kier alpha value is -1.75. The highest BCUT2D eigenvalue weighted by molar-refractivity contribution is 5.54. The van der Waals surface area contributed by atoms with Gasteiger partial charge in [-0.1, -0.05) is 24.3 Å². The Morgan fingerprint density at radius 1 is 1.25 bits per heavy atom. The van der Waals surface area contributed by atoms with Gasteiger partial charge in [0, 0.05) is 11.1 Å². The van der Waals surface area contributed by atoms with E-state index in [1.54, 1.807) is 0 Å². The first-order valence-electron chi connectivity index (χ1n) is 5.16. The van der Waals surface area contributed by atoms with E-state index in [2.05, 4.69) is 20.6 Å². The molecule has 1 aromatic heterocycles. The molecule has 2 aromatic rings. The average Bonchev–Trinajstić information content (AvgIpc) is 2.69. The Morgan fingerprint density at radius 3 is 2.44 bits per heavy atom. The van der Waals surface area contributed by atoms with Gasteiger partial charge in [0.15, 0.2) is 5.82 Å². The van der Waals surface area contributed by atoms with Crippen LogP contribution in [0.1, 0.15) is 19.4 Å². The summed E-state index contributed by atoms with van der Waals surface area (Å²) in [5.41, 5.74) is 7.96. The van der Waals surface area contributed by atoms with Gasteiger partial charge in [-0.05, 0) is 36.3 Å². The lowest BCUT2D eigenvalue weighted by atomic mass is 9.95. The topological polar surface area (TPSA) is 80.5 Å². The molecule has 5 nitrogen and oxygen atoms in total. The smallest absolute Gasteiger partial charge is 0.179 e. The standard InChI is InChI=1S/C11H15N5/c1-11(2,12)7-8-3-5-9(6-4-8)10-13-15-16-14-10/h3-6H,7,12H2,1-2H3,(H,13,14,15,16). The molecule has 0 aliphatic carbocycles. The molecule has 0 aliphatic heterocycles. The van der Waals surface area contributed by atoms with E-state index in [9.17, 15) is 0 Å². The second kappa shape index (κ2) is 4.02. The van der Waals surface area contributed by atoms with Crippen LogP contribution in [0.3, 0.4) is 0 Å². The van der Waals surface area contributed by atoms with Crippen LogP contribution in [0, 0.1) is 0 Å². The minimum Gasteiger partial charge on any atom is -0.325 e. The Labute approximate surface area is 94.1 Å². The summed E-state index contributed by atoms with van der Waals surface area (Å²) in [6.07, 6.45) is 0.849. The van der Waals surface area contributed by atoms with Crippen molar-refractivity contribution in [3.05, 3.63) is 29.8 Å². The van der Waals surface area contributed by atoms with Crippen LogP contribution in [0.4, 0.5) is 0 Å². The summed E-state index contributed by atoms with van der Waals surface area (Å²) in [5, 5.41) is 13.7. The van der Waals surface area contributed by atoms with Gasteiger partial charge in [0.05, 0.1) is 0 Å².